The Bertz CT molecular complexity index is 454. The van der Waals surface area contributed by atoms with Gasteiger partial charge in [0.15, 0.2) is 0 Å². The molecule has 116 valence electrons. The number of ether oxygens (including phenoxy) is 2. The molecule has 0 bridgehead atoms. The predicted molar refractivity (Wildman–Crippen MR) is 79.0 cm³/mol. The molecule has 2 atom stereocenters. The van der Waals surface area contributed by atoms with Crippen molar-refractivity contribution in [3.8, 4) is 5.75 Å². The van der Waals surface area contributed by atoms with Gasteiger partial charge in [0.1, 0.15) is 11.9 Å². The number of phenolic OH excluding ortho intramolecular Hbond substituents is 1. The molecule has 1 aromatic carbocycles. The fraction of sp³-hybridized carbons (Fsp3) is 0.562. The number of likely N-dealkylation sites (N-methyl/N-ethyl adjacent to an activating group) is 1. The number of aromatic hydroxyl groups is 1. The van der Waals surface area contributed by atoms with Crippen LogP contribution in [0.15, 0.2) is 24.3 Å². The Morgan fingerprint density at radius 1 is 1.48 bits per heavy atom. The standard InChI is InChI=1S/C16H23NO4/c1-12(21-11-15-4-3-9-20-15)16(19)17(2)10-13-5-7-14(18)8-6-13/h5-8,12,15,18H,3-4,9-11H2,1-2H3. The summed E-state index contributed by atoms with van der Waals surface area (Å²) < 4.78 is 11.1. The zero-order valence-electron chi connectivity index (χ0n) is 12.6. The highest BCUT2D eigenvalue weighted by atomic mass is 16.5. The number of phenols is 1. The van der Waals surface area contributed by atoms with Crippen molar-refractivity contribution in [2.75, 3.05) is 20.3 Å². The normalized spacial score (nSPS) is 19.4. The molecule has 0 aliphatic carbocycles. The van der Waals surface area contributed by atoms with Crippen molar-refractivity contribution in [3.63, 3.8) is 0 Å². The zero-order chi connectivity index (χ0) is 15.2. The second kappa shape index (κ2) is 7.43. The van der Waals surface area contributed by atoms with Gasteiger partial charge in [-0.15, -0.1) is 0 Å². The van der Waals surface area contributed by atoms with E-state index >= 15 is 0 Å². The summed E-state index contributed by atoms with van der Waals surface area (Å²) in [5, 5.41) is 9.25. The molecule has 1 aliphatic rings. The third kappa shape index (κ3) is 4.72. The molecule has 1 saturated heterocycles. The third-order valence-electron chi connectivity index (χ3n) is 3.64. The van der Waals surface area contributed by atoms with Crippen LogP contribution in [0.5, 0.6) is 5.75 Å². The van der Waals surface area contributed by atoms with Gasteiger partial charge in [-0.1, -0.05) is 12.1 Å². The first-order chi connectivity index (χ1) is 10.1. The van der Waals surface area contributed by atoms with Crippen LogP contribution in [0, 0.1) is 0 Å². The summed E-state index contributed by atoms with van der Waals surface area (Å²) >= 11 is 0. The minimum absolute atomic E-state index is 0.0546. The minimum Gasteiger partial charge on any atom is -0.508 e. The Kier molecular flexibility index (Phi) is 5.59. The van der Waals surface area contributed by atoms with Crippen LogP contribution in [0.25, 0.3) is 0 Å². The number of rotatable bonds is 6. The van der Waals surface area contributed by atoms with E-state index in [0.29, 0.717) is 13.2 Å². The number of benzene rings is 1. The maximum absolute atomic E-state index is 12.2. The van der Waals surface area contributed by atoms with Gasteiger partial charge in [-0.3, -0.25) is 4.79 Å². The molecule has 1 amide bonds. The molecule has 0 aromatic heterocycles. The van der Waals surface area contributed by atoms with E-state index in [4.69, 9.17) is 9.47 Å². The van der Waals surface area contributed by atoms with Gasteiger partial charge in [0.25, 0.3) is 5.91 Å². The van der Waals surface area contributed by atoms with Crippen LogP contribution in [0.2, 0.25) is 0 Å². The molecule has 1 aliphatic heterocycles. The maximum atomic E-state index is 12.2. The quantitative estimate of drug-likeness (QED) is 0.870. The molecule has 5 nitrogen and oxygen atoms in total. The van der Waals surface area contributed by atoms with Gasteiger partial charge in [0.2, 0.25) is 0 Å². The molecule has 0 saturated carbocycles. The lowest BCUT2D eigenvalue weighted by molar-refractivity contribution is -0.143. The highest BCUT2D eigenvalue weighted by Crippen LogP contribution is 2.14. The van der Waals surface area contributed by atoms with E-state index in [-0.39, 0.29) is 17.8 Å². The largest absolute Gasteiger partial charge is 0.508 e. The third-order valence-corrected chi connectivity index (χ3v) is 3.64. The van der Waals surface area contributed by atoms with Gasteiger partial charge in [0.05, 0.1) is 12.7 Å². The van der Waals surface area contributed by atoms with Crippen molar-refractivity contribution in [2.24, 2.45) is 0 Å². The van der Waals surface area contributed by atoms with Crippen LogP contribution in [0.3, 0.4) is 0 Å². The van der Waals surface area contributed by atoms with Crippen molar-refractivity contribution in [2.45, 2.75) is 38.5 Å². The lowest BCUT2D eigenvalue weighted by Gasteiger charge is -2.22. The fourth-order valence-corrected chi connectivity index (χ4v) is 2.36. The molecule has 1 fully saturated rings. The second-order valence-electron chi connectivity index (χ2n) is 5.47. The molecule has 0 spiro atoms. The number of hydrogen-bond donors (Lipinski definition) is 1. The Morgan fingerprint density at radius 2 is 2.19 bits per heavy atom. The van der Waals surface area contributed by atoms with E-state index in [1.54, 1.807) is 43.1 Å². The average Bonchev–Trinajstić information content (AvgIpc) is 2.99. The van der Waals surface area contributed by atoms with E-state index in [1.807, 2.05) is 0 Å². The molecule has 2 rings (SSSR count). The number of nitrogens with zero attached hydrogens (tertiary/aromatic N) is 1. The summed E-state index contributed by atoms with van der Waals surface area (Å²) in [5.74, 6) is 0.169. The van der Waals surface area contributed by atoms with E-state index < -0.39 is 6.10 Å². The van der Waals surface area contributed by atoms with Crippen molar-refractivity contribution in [3.05, 3.63) is 29.8 Å². The minimum atomic E-state index is -0.476. The van der Waals surface area contributed by atoms with Gasteiger partial charge in [0, 0.05) is 20.2 Å². The van der Waals surface area contributed by atoms with Gasteiger partial charge in [-0.05, 0) is 37.5 Å². The predicted octanol–water partition coefficient (Wildman–Crippen LogP) is 1.93. The van der Waals surface area contributed by atoms with Crippen molar-refractivity contribution >= 4 is 5.91 Å². The molecule has 21 heavy (non-hydrogen) atoms. The van der Waals surface area contributed by atoms with Crippen LogP contribution >= 0.6 is 0 Å². The van der Waals surface area contributed by atoms with Crippen molar-refractivity contribution in [1.82, 2.24) is 4.90 Å². The van der Waals surface area contributed by atoms with E-state index in [1.165, 1.54) is 0 Å². The van der Waals surface area contributed by atoms with E-state index in [0.717, 1.165) is 25.0 Å². The molecule has 1 N–H and O–H groups in total. The number of carbonyl (C=O) groups excluding carboxylic acids is 1. The van der Waals surface area contributed by atoms with Gasteiger partial charge in [-0.25, -0.2) is 0 Å². The summed E-state index contributed by atoms with van der Waals surface area (Å²) in [7, 11) is 1.75. The van der Waals surface area contributed by atoms with Crippen LogP contribution in [-0.4, -0.2) is 48.4 Å². The van der Waals surface area contributed by atoms with Crippen molar-refractivity contribution in [1.29, 1.82) is 0 Å². The summed E-state index contributed by atoms with van der Waals surface area (Å²) in [4.78, 5) is 13.9. The van der Waals surface area contributed by atoms with Gasteiger partial charge >= 0.3 is 0 Å². The number of hydrogen-bond acceptors (Lipinski definition) is 4. The average molecular weight is 293 g/mol. The maximum Gasteiger partial charge on any atom is 0.251 e. The Morgan fingerprint density at radius 3 is 2.81 bits per heavy atom. The first-order valence-corrected chi connectivity index (χ1v) is 7.32. The van der Waals surface area contributed by atoms with Crippen LogP contribution in [-0.2, 0) is 20.8 Å². The summed E-state index contributed by atoms with van der Waals surface area (Å²) in [5.41, 5.74) is 0.968. The molecule has 1 heterocycles. The highest BCUT2D eigenvalue weighted by molar-refractivity contribution is 5.80. The van der Waals surface area contributed by atoms with E-state index in [9.17, 15) is 9.90 Å². The van der Waals surface area contributed by atoms with Crippen LogP contribution in [0.1, 0.15) is 25.3 Å². The van der Waals surface area contributed by atoms with Gasteiger partial charge in [-0.2, -0.15) is 0 Å². The molecule has 1 aromatic rings. The monoisotopic (exact) mass is 293 g/mol. The molecule has 0 radical (unpaired) electrons. The lowest BCUT2D eigenvalue weighted by Crippen LogP contribution is -2.37. The zero-order valence-corrected chi connectivity index (χ0v) is 12.6. The topological polar surface area (TPSA) is 59.0 Å². The Balaban J connectivity index is 1.78. The fourth-order valence-electron chi connectivity index (χ4n) is 2.36. The van der Waals surface area contributed by atoms with Gasteiger partial charge < -0.3 is 19.5 Å². The number of amides is 1. The summed E-state index contributed by atoms with van der Waals surface area (Å²) in [6.45, 7) is 3.52. The smallest absolute Gasteiger partial charge is 0.251 e. The Hall–Kier alpha value is -1.59. The SMILES string of the molecule is CC(OCC1CCCO1)C(=O)N(C)Cc1ccc(O)cc1. The van der Waals surface area contributed by atoms with Crippen LogP contribution in [0.4, 0.5) is 0 Å². The van der Waals surface area contributed by atoms with Crippen molar-refractivity contribution < 1.29 is 19.4 Å². The first-order valence-electron chi connectivity index (χ1n) is 7.32. The molecular formula is C16H23NO4. The summed E-state index contributed by atoms with van der Waals surface area (Å²) in [6, 6.07) is 6.84. The lowest BCUT2D eigenvalue weighted by atomic mass is 10.2. The number of carbonyl (C=O) groups is 1. The first kappa shape index (κ1) is 15.8. The Labute approximate surface area is 125 Å². The van der Waals surface area contributed by atoms with Crippen LogP contribution < -0.4 is 0 Å². The second-order valence-corrected chi connectivity index (χ2v) is 5.47. The molecular weight excluding hydrogens is 270 g/mol. The molecule has 2 unspecified atom stereocenters. The summed E-state index contributed by atoms with van der Waals surface area (Å²) in [6.07, 6.45) is 1.72. The highest BCUT2D eigenvalue weighted by Gasteiger charge is 2.22. The molecule has 5 heteroatoms. The van der Waals surface area contributed by atoms with E-state index in [2.05, 4.69) is 0 Å².